The van der Waals surface area contributed by atoms with Gasteiger partial charge in [0.2, 0.25) is 0 Å². The smallest absolute Gasteiger partial charge is 0.317 e. The highest BCUT2D eigenvalue weighted by Gasteiger charge is 2.36. The summed E-state index contributed by atoms with van der Waals surface area (Å²) in [7, 11) is 0. The van der Waals surface area contributed by atoms with E-state index >= 15 is 0 Å². The fourth-order valence-electron chi connectivity index (χ4n) is 3.44. The van der Waals surface area contributed by atoms with Crippen molar-refractivity contribution in [3.05, 3.63) is 0 Å². The molecule has 0 heterocycles. The van der Waals surface area contributed by atoms with Crippen molar-refractivity contribution in [1.29, 1.82) is 0 Å². The summed E-state index contributed by atoms with van der Waals surface area (Å²) in [5.41, 5.74) is -1.39. The molecule has 0 saturated heterocycles. The van der Waals surface area contributed by atoms with Crippen LogP contribution in [0.5, 0.6) is 0 Å². The lowest BCUT2D eigenvalue weighted by Crippen LogP contribution is -2.40. The number of esters is 2. The molecule has 0 bridgehead atoms. The molecule has 0 spiro atoms. The van der Waals surface area contributed by atoms with Gasteiger partial charge < -0.3 is 9.47 Å². The number of unbranched alkanes of at least 4 members (excludes halogenated alkanes) is 4. The molecule has 0 radical (unpaired) electrons. The summed E-state index contributed by atoms with van der Waals surface area (Å²) in [6, 6.07) is 0. The van der Waals surface area contributed by atoms with Crippen LogP contribution in [0.2, 0.25) is 0 Å². The van der Waals surface area contributed by atoms with Crippen molar-refractivity contribution >= 4 is 35.1 Å². The van der Waals surface area contributed by atoms with Crippen molar-refractivity contribution in [2.75, 3.05) is 11.8 Å². The fourth-order valence-corrected chi connectivity index (χ4v) is 4.09. The summed E-state index contributed by atoms with van der Waals surface area (Å²) in [6.07, 6.45) is 10.2. The molecule has 0 amide bonds. The highest BCUT2D eigenvalue weighted by molar-refractivity contribution is 6.19. The van der Waals surface area contributed by atoms with Gasteiger partial charge in [0.25, 0.3) is 0 Å². The van der Waals surface area contributed by atoms with Crippen LogP contribution in [0.15, 0.2) is 0 Å². The van der Waals surface area contributed by atoms with Crippen molar-refractivity contribution in [2.24, 2.45) is 0 Å². The zero-order chi connectivity index (χ0) is 22.2. The van der Waals surface area contributed by atoms with Crippen LogP contribution < -0.4 is 0 Å². The zero-order valence-electron chi connectivity index (χ0n) is 19.0. The molecule has 0 aromatic rings. The Bertz CT molecular complexity index is 398. The SMILES string of the molecule is CCCCC(CCl)(CCCC)OC(=O)CC(=O)OC(CCl)(CCCC)CCCC. The molecule has 0 N–H and O–H groups in total. The number of hydrogen-bond donors (Lipinski definition) is 0. The average Bonchev–Trinajstić information content (AvgIpc) is 2.72. The van der Waals surface area contributed by atoms with Gasteiger partial charge in [0.15, 0.2) is 0 Å². The largest absolute Gasteiger partial charge is 0.457 e. The van der Waals surface area contributed by atoms with Crippen molar-refractivity contribution in [2.45, 2.75) is 122 Å². The Kier molecular flexibility index (Phi) is 16.0. The second kappa shape index (κ2) is 16.2. The van der Waals surface area contributed by atoms with E-state index in [1.165, 1.54) is 0 Å². The standard InChI is InChI=1S/C23H42Cl2O4/c1-5-9-13-22(18-24,14-10-6-2)28-20(26)17-21(27)29-23(19-25,15-11-7-3)16-12-8-4/h5-19H2,1-4H3. The zero-order valence-corrected chi connectivity index (χ0v) is 20.5. The van der Waals surface area contributed by atoms with Gasteiger partial charge in [-0.05, 0) is 51.4 Å². The molecule has 0 aliphatic carbocycles. The number of carbonyl (C=O) groups excluding carboxylic acids is 2. The van der Waals surface area contributed by atoms with Gasteiger partial charge in [0.05, 0.1) is 11.8 Å². The van der Waals surface area contributed by atoms with Gasteiger partial charge in [-0.2, -0.15) is 0 Å². The van der Waals surface area contributed by atoms with Crippen molar-refractivity contribution < 1.29 is 19.1 Å². The van der Waals surface area contributed by atoms with Crippen LogP contribution in [0.4, 0.5) is 0 Å². The van der Waals surface area contributed by atoms with Gasteiger partial charge in [-0.15, -0.1) is 23.2 Å². The van der Waals surface area contributed by atoms with Crippen LogP contribution >= 0.6 is 23.2 Å². The van der Waals surface area contributed by atoms with Crippen LogP contribution in [0.1, 0.15) is 111 Å². The number of halogens is 2. The van der Waals surface area contributed by atoms with Gasteiger partial charge in [-0.3, -0.25) is 9.59 Å². The normalized spacial score (nSPS) is 12.1. The minimum atomic E-state index is -0.696. The van der Waals surface area contributed by atoms with Crippen LogP contribution in [-0.4, -0.2) is 34.9 Å². The highest BCUT2D eigenvalue weighted by Crippen LogP contribution is 2.30. The first-order valence-electron chi connectivity index (χ1n) is 11.4. The monoisotopic (exact) mass is 452 g/mol. The molecule has 0 fully saturated rings. The van der Waals surface area contributed by atoms with Crippen molar-refractivity contribution in [1.82, 2.24) is 0 Å². The molecular formula is C23H42Cl2O4. The Balaban J connectivity index is 5.04. The Morgan fingerprint density at radius 1 is 0.621 bits per heavy atom. The van der Waals surface area contributed by atoms with Gasteiger partial charge in [0.1, 0.15) is 17.6 Å². The molecule has 0 atom stereocenters. The molecular weight excluding hydrogens is 411 g/mol. The first kappa shape index (κ1) is 28.5. The molecule has 29 heavy (non-hydrogen) atoms. The molecule has 0 aliphatic heterocycles. The summed E-state index contributed by atoms with van der Waals surface area (Å²) in [4.78, 5) is 25.1. The van der Waals surface area contributed by atoms with Crippen molar-refractivity contribution in [3.63, 3.8) is 0 Å². The number of alkyl halides is 2. The number of ether oxygens (including phenoxy) is 2. The average molecular weight is 453 g/mol. The summed E-state index contributed by atoms with van der Waals surface area (Å²) < 4.78 is 11.5. The molecule has 4 nitrogen and oxygen atoms in total. The second-order valence-corrected chi connectivity index (χ2v) is 8.71. The lowest BCUT2D eigenvalue weighted by Gasteiger charge is -2.33. The van der Waals surface area contributed by atoms with Gasteiger partial charge in [0, 0.05) is 0 Å². The number of rotatable bonds is 18. The summed E-state index contributed by atoms with van der Waals surface area (Å²) >= 11 is 12.4. The minimum Gasteiger partial charge on any atom is -0.457 e. The molecule has 0 aromatic carbocycles. The summed E-state index contributed by atoms with van der Waals surface area (Å²) in [6.45, 7) is 8.37. The molecule has 0 unspecified atom stereocenters. The van der Waals surface area contributed by atoms with E-state index in [0.717, 1.165) is 51.4 Å². The van der Waals surface area contributed by atoms with Gasteiger partial charge in [-0.1, -0.05) is 53.4 Å². The minimum absolute atomic E-state index is 0.242. The Hall–Kier alpha value is -0.480. The maximum absolute atomic E-state index is 12.5. The maximum Gasteiger partial charge on any atom is 0.317 e. The highest BCUT2D eigenvalue weighted by atomic mass is 35.5. The summed E-state index contributed by atoms with van der Waals surface area (Å²) in [5, 5.41) is 0. The van der Waals surface area contributed by atoms with E-state index in [-0.39, 0.29) is 11.8 Å². The lowest BCUT2D eigenvalue weighted by molar-refractivity contribution is -0.171. The molecule has 0 aromatic heterocycles. The van der Waals surface area contributed by atoms with Crippen LogP contribution in [0, 0.1) is 0 Å². The Morgan fingerprint density at radius 2 is 0.897 bits per heavy atom. The third-order valence-electron chi connectivity index (χ3n) is 5.38. The third kappa shape index (κ3) is 11.5. The lowest BCUT2D eigenvalue weighted by atomic mass is 9.92. The van der Waals surface area contributed by atoms with E-state index in [2.05, 4.69) is 27.7 Å². The van der Waals surface area contributed by atoms with E-state index in [4.69, 9.17) is 32.7 Å². The third-order valence-corrected chi connectivity index (χ3v) is 6.35. The number of hydrogen-bond acceptors (Lipinski definition) is 4. The maximum atomic E-state index is 12.5. The fraction of sp³-hybridized carbons (Fsp3) is 0.913. The quantitative estimate of drug-likeness (QED) is 0.125. The van der Waals surface area contributed by atoms with E-state index < -0.39 is 29.6 Å². The topological polar surface area (TPSA) is 52.6 Å². The van der Waals surface area contributed by atoms with Crippen molar-refractivity contribution in [3.8, 4) is 0 Å². The van der Waals surface area contributed by atoms with Crippen LogP contribution in [0.25, 0.3) is 0 Å². The van der Waals surface area contributed by atoms with E-state index in [1.54, 1.807) is 0 Å². The Labute approximate surface area is 188 Å². The Morgan fingerprint density at radius 3 is 1.10 bits per heavy atom. The van der Waals surface area contributed by atoms with Gasteiger partial charge >= 0.3 is 11.9 Å². The van der Waals surface area contributed by atoms with Crippen LogP contribution in [-0.2, 0) is 19.1 Å². The summed E-state index contributed by atoms with van der Waals surface area (Å²) in [5.74, 6) is -0.631. The molecule has 172 valence electrons. The van der Waals surface area contributed by atoms with Gasteiger partial charge in [-0.25, -0.2) is 0 Å². The first-order valence-corrected chi connectivity index (χ1v) is 12.5. The molecule has 6 heteroatoms. The number of carbonyl (C=O) groups is 2. The van der Waals surface area contributed by atoms with E-state index in [0.29, 0.717) is 25.7 Å². The molecule has 0 aliphatic rings. The predicted octanol–water partition coefficient (Wildman–Crippen LogP) is 7.18. The van der Waals surface area contributed by atoms with E-state index in [1.807, 2.05) is 0 Å². The van der Waals surface area contributed by atoms with E-state index in [9.17, 15) is 9.59 Å². The predicted molar refractivity (Wildman–Crippen MR) is 122 cm³/mol. The van der Waals surface area contributed by atoms with Crippen LogP contribution in [0.3, 0.4) is 0 Å². The molecule has 0 saturated carbocycles. The second-order valence-electron chi connectivity index (χ2n) is 8.17. The first-order chi connectivity index (χ1) is 13.9. The molecule has 0 rings (SSSR count).